The Kier molecular flexibility index (Phi) is 4.94. The Labute approximate surface area is 123 Å². The van der Waals surface area contributed by atoms with E-state index in [1.165, 1.54) is 0 Å². The van der Waals surface area contributed by atoms with E-state index in [-0.39, 0.29) is 0 Å². The predicted molar refractivity (Wildman–Crippen MR) is 82.3 cm³/mol. The first-order valence-corrected chi connectivity index (χ1v) is 6.63. The summed E-state index contributed by atoms with van der Waals surface area (Å²) in [5, 5.41) is 2.65. The van der Waals surface area contributed by atoms with E-state index in [4.69, 9.17) is 9.26 Å². The first-order chi connectivity index (χ1) is 10.1. The van der Waals surface area contributed by atoms with Gasteiger partial charge in [-0.05, 0) is 26.2 Å². The standard InChI is InChI=1S/C15H19N3O3/c1-18(2)9-8-16-10-12-14(17-21-15(12)19)11-6-4-5-7-13(11)20-3/h4-7,10,17H,8-9H2,1-3H3. The van der Waals surface area contributed by atoms with Crippen LogP contribution in [-0.4, -0.2) is 50.6 Å². The molecule has 0 unspecified atom stereocenters. The minimum Gasteiger partial charge on any atom is -0.496 e. The van der Waals surface area contributed by atoms with Crippen LogP contribution in [0.5, 0.6) is 5.75 Å². The number of H-pyrrole nitrogens is 1. The molecule has 0 fully saturated rings. The molecule has 2 aromatic rings. The Morgan fingerprint density at radius 3 is 2.86 bits per heavy atom. The van der Waals surface area contributed by atoms with Crippen LogP contribution in [0.3, 0.4) is 0 Å². The highest BCUT2D eigenvalue weighted by Crippen LogP contribution is 2.28. The van der Waals surface area contributed by atoms with E-state index in [2.05, 4.69) is 10.1 Å². The molecule has 0 aliphatic heterocycles. The number of methoxy groups -OCH3 is 1. The summed E-state index contributed by atoms with van der Waals surface area (Å²) < 4.78 is 10.2. The third-order valence-corrected chi connectivity index (χ3v) is 3.01. The highest BCUT2D eigenvalue weighted by atomic mass is 16.5. The predicted octanol–water partition coefficient (Wildman–Crippen LogP) is 1.62. The van der Waals surface area contributed by atoms with Crippen molar-refractivity contribution in [1.82, 2.24) is 10.1 Å². The van der Waals surface area contributed by atoms with Crippen molar-refractivity contribution in [2.45, 2.75) is 0 Å². The number of aliphatic imine (C=N–C) groups is 1. The zero-order chi connectivity index (χ0) is 15.2. The lowest BCUT2D eigenvalue weighted by Crippen LogP contribution is -2.15. The Morgan fingerprint density at radius 2 is 2.14 bits per heavy atom. The van der Waals surface area contributed by atoms with Crippen LogP contribution in [0.25, 0.3) is 11.3 Å². The summed E-state index contributed by atoms with van der Waals surface area (Å²) in [7, 11) is 5.53. The second kappa shape index (κ2) is 6.90. The van der Waals surface area contributed by atoms with Gasteiger partial charge in [-0.2, -0.15) is 0 Å². The first kappa shape index (κ1) is 15.1. The molecule has 6 nitrogen and oxygen atoms in total. The van der Waals surface area contributed by atoms with Gasteiger partial charge >= 0.3 is 5.63 Å². The lowest BCUT2D eigenvalue weighted by Gasteiger charge is -2.06. The average Bonchev–Trinajstić information content (AvgIpc) is 2.84. The zero-order valence-corrected chi connectivity index (χ0v) is 12.4. The van der Waals surface area contributed by atoms with Crippen LogP contribution in [0.2, 0.25) is 0 Å². The van der Waals surface area contributed by atoms with Crippen molar-refractivity contribution in [2.75, 3.05) is 34.3 Å². The van der Waals surface area contributed by atoms with Gasteiger partial charge in [0.25, 0.3) is 0 Å². The number of para-hydroxylation sites is 1. The summed E-state index contributed by atoms with van der Waals surface area (Å²) >= 11 is 0. The largest absolute Gasteiger partial charge is 0.496 e. The molecule has 0 radical (unpaired) electrons. The quantitative estimate of drug-likeness (QED) is 0.820. The number of likely N-dealkylation sites (N-methyl/N-ethyl adjacent to an activating group) is 1. The SMILES string of the molecule is COc1ccccc1-c1[nH]oc(=O)c1C=NCCN(C)C. The number of rotatable bonds is 6. The van der Waals surface area contributed by atoms with Crippen molar-refractivity contribution in [3.8, 4) is 17.0 Å². The van der Waals surface area contributed by atoms with Crippen molar-refractivity contribution in [3.05, 3.63) is 40.2 Å². The lowest BCUT2D eigenvalue weighted by atomic mass is 10.1. The maximum atomic E-state index is 11.8. The maximum Gasteiger partial charge on any atom is 0.366 e. The van der Waals surface area contributed by atoms with E-state index in [9.17, 15) is 4.79 Å². The van der Waals surface area contributed by atoms with Gasteiger partial charge in [0.05, 0.1) is 19.3 Å². The molecule has 0 aliphatic carbocycles. The van der Waals surface area contributed by atoms with Crippen LogP contribution in [0.15, 0.2) is 38.6 Å². The van der Waals surface area contributed by atoms with Crippen LogP contribution >= 0.6 is 0 Å². The van der Waals surface area contributed by atoms with Crippen molar-refractivity contribution in [3.63, 3.8) is 0 Å². The topological polar surface area (TPSA) is 70.8 Å². The Morgan fingerprint density at radius 1 is 1.38 bits per heavy atom. The van der Waals surface area contributed by atoms with Crippen LogP contribution in [0, 0.1) is 0 Å². The minimum atomic E-state index is -0.440. The molecule has 0 saturated carbocycles. The Bertz CT molecular complexity index is 671. The third-order valence-electron chi connectivity index (χ3n) is 3.01. The molecule has 0 aliphatic rings. The summed E-state index contributed by atoms with van der Waals surface area (Å²) in [6.07, 6.45) is 1.55. The number of aromatic amines is 1. The number of ether oxygens (including phenoxy) is 1. The van der Waals surface area contributed by atoms with Crippen molar-refractivity contribution < 1.29 is 9.26 Å². The van der Waals surface area contributed by atoms with E-state index < -0.39 is 5.63 Å². The molecule has 0 saturated heterocycles. The highest BCUT2D eigenvalue weighted by molar-refractivity contribution is 5.89. The van der Waals surface area contributed by atoms with Crippen molar-refractivity contribution >= 4 is 6.21 Å². The number of nitrogens with zero attached hydrogens (tertiary/aromatic N) is 2. The van der Waals surface area contributed by atoms with Crippen molar-refractivity contribution in [2.24, 2.45) is 4.99 Å². The van der Waals surface area contributed by atoms with Gasteiger partial charge < -0.3 is 14.2 Å². The molecular formula is C15H19N3O3. The van der Waals surface area contributed by atoms with E-state index in [0.29, 0.717) is 23.6 Å². The molecule has 0 spiro atoms. The number of hydrogen-bond donors (Lipinski definition) is 1. The molecular weight excluding hydrogens is 270 g/mol. The third kappa shape index (κ3) is 3.61. The second-order valence-corrected chi connectivity index (χ2v) is 4.82. The normalized spacial score (nSPS) is 11.4. The van der Waals surface area contributed by atoms with Crippen LogP contribution in [-0.2, 0) is 0 Å². The van der Waals surface area contributed by atoms with E-state index in [1.54, 1.807) is 13.3 Å². The van der Waals surface area contributed by atoms with E-state index >= 15 is 0 Å². The molecule has 2 rings (SSSR count). The van der Waals surface area contributed by atoms with E-state index in [0.717, 1.165) is 12.1 Å². The van der Waals surface area contributed by atoms with Gasteiger partial charge in [0.2, 0.25) is 0 Å². The lowest BCUT2D eigenvalue weighted by molar-refractivity contribution is 0.391. The molecule has 112 valence electrons. The van der Waals surface area contributed by atoms with Crippen LogP contribution in [0.4, 0.5) is 0 Å². The maximum absolute atomic E-state index is 11.8. The average molecular weight is 289 g/mol. The monoisotopic (exact) mass is 289 g/mol. The van der Waals surface area contributed by atoms with Crippen LogP contribution < -0.4 is 10.4 Å². The summed E-state index contributed by atoms with van der Waals surface area (Å²) in [4.78, 5) is 18.1. The molecule has 1 N–H and O–H groups in total. The molecule has 0 bridgehead atoms. The molecule has 6 heteroatoms. The second-order valence-electron chi connectivity index (χ2n) is 4.82. The van der Waals surface area contributed by atoms with Gasteiger partial charge in [0, 0.05) is 18.3 Å². The molecule has 21 heavy (non-hydrogen) atoms. The van der Waals surface area contributed by atoms with Gasteiger partial charge in [0.15, 0.2) is 0 Å². The fourth-order valence-electron chi connectivity index (χ4n) is 1.89. The van der Waals surface area contributed by atoms with Gasteiger partial charge in [-0.1, -0.05) is 12.1 Å². The highest BCUT2D eigenvalue weighted by Gasteiger charge is 2.15. The summed E-state index contributed by atoms with van der Waals surface area (Å²) in [5.41, 5.74) is 1.30. The molecule has 0 atom stereocenters. The van der Waals surface area contributed by atoms with Crippen LogP contribution in [0.1, 0.15) is 5.56 Å². The molecule has 1 heterocycles. The number of benzene rings is 1. The Balaban J connectivity index is 2.32. The molecule has 0 amide bonds. The summed E-state index contributed by atoms with van der Waals surface area (Å²) in [6.45, 7) is 1.43. The van der Waals surface area contributed by atoms with Gasteiger partial charge in [-0.25, -0.2) is 9.95 Å². The molecule has 1 aromatic carbocycles. The number of nitrogens with one attached hydrogen (secondary N) is 1. The first-order valence-electron chi connectivity index (χ1n) is 6.63. The summed E-state index contributed by atoms with van der Waals surface area (Å²) in [5.74, 6) is 0.664. The van der Waals surface area contributed by atoms with Gasteiger partial charge in [-0.15, -0.1) is 0 Å². The van der Waals surface area contributed by atoms with E-state index in [1.807, 2.05) is 43.3 Å². The fraction of sp³-hybridized carbons (Fsp3) is 0.333. The Hall–Kier alpha value is -2.34. The fourth-order valence-corrected chi connectivity index (χ4v) is 1.89. The number of aromatic nitrogens is 1. The summed E-state index contributed by atoms with van der Waals surface area (Å²) in [6, 6.07) is 7.42. The van der Waals surface area contributed by atoms with Gasteiger partial charge in [-0.3, -0.25) is 4.99 Å². The minimum absolute atomic E-state index is 0.401. The van der Waals surface area contributed by atoms with Gasteiger partial charge in [0.1, 0.15) is 11.3 Å². The molecule has 1 aromatic heterocycles. The zero-order valence-electron chi connectivity index (χ0n) is 12.4. The smallest absolute Gasteiger partial charge is 0.366 e. The van der Waals surface area contributed by atoms with Crippen molar-refractivity contribution in [1.29, 1.82) is 0 Å². The number of hydrogen-bond acceptors (Lipinski definition) is 5.